The molecule has 0 aromatic rings. The van der Waals surface area contributed by atoms with Gasteiger partial charge in [0.2, 0.25) is 0 Å². The van der Waals surface area contributed by atoms with Gasteiger partial charge in [-0.1, -0.05) is 27.2 Å². The van der Waals surface area contributed by atoms with Crippen LogP contribution in [0.1, 0.15) is 40.0 Å². The van der Waals surface area contributed by atoms with Gasteiger partial charge in [-0.2, -0.15) is 0 Å². The Morgan fingerprint density at radius 2 is 2.18 bits per heavy atom. The second-order valence-electron chi connectivity index (χ2n) is 5.59. The van der Waals surface area contributed by atoms with E-state index in [2.05, 4.69) is 20.8 Å². The molecule has 0 unspecified atom stereocenters. The second-order valence-corrected chi connectivity index (χ2v) is 5.59. The predicted octanol–water partition coefficient (Wildman–Crippen LogP) is 1.99. The van der Waals surface area contributed by atoms with E-state index < -0.39 is 5.97 Å². The molecule has 0 aliphatic heterocycles. The van der Waals surface area contributed by atoms with Crippen LogP contribution in [0, 0.1) is 5.41 Å². The van der Waals surface area contributed by atoms with Crippen LogP contribution in [0.5, 0.6) is 0 Å². The average Bonchev–Trinajstić information content (AvgIpc) is 2.21. The minimum atomic E-state index is -0.765. The summed E-state index contributed by atoms with van der Waals surface area (Å²) in [4.78, 5) is 12.6. The fourth-order valence-corrected chi connectivity index (χ4v) is 2.59. The number of carboxylic acids is 1. The van der Waals surface area contributed by atoms with Gasteiger partial charge in [0.05, 0.1) is 12.6 Å². The Kier molecular flexibility index (Phi) is 4.95. The molecule has 0 radical (unpaired) electrons. The lowest BCUT2D eigenvalue weighted by Crippen LogP contribution is -2.61. The van der Waals surface area contributed by atoms with Gasteiger partial charge >= 0.3 is 5.97 Å². The second kappa shape index (κ2) is 5.83. The molecule has 0 aromatic carbocycles. The third-order valence-corrected chi connectivity index (χ3v) is 3.86. The van der Waals surface area contributed by atoms with Gasteiger partial charge in [-0.15, -0.1) is 0 Å². The Balaban J connectivity index is 2.40. The number of hydrogen-bond donors (Lipinski definition) is 1. The molecule has 1 N–H and O–H groups in total. The number of hydrogen-bond acceptors (Lipinski definition) is 3. The van der Waals surface area contributed by atoms with Crippen LogP contribution in [0.15, 0.2) is 0 Å². The monoisotopic (exact) mass is 243 g/mol. The van der Waals surface area contributed by atoms with Crippen molar-refractivity contribution >= 4 is 5.97 Å². The summed E-state index contributed by atoms with van der Waals surface area (Å²) in [5, 5.41) is 8.79. The van der Waals surface area contributed by atoms with Crippen molar-refractivity contribution in [3.8, 4) is 0 Å². The van der Waals surface area contributed by atoms with Crippen LogP contribution in [-0.2, 0) is 9.53 Å². The molecule has 1 rings (SSSR count). The van der Waals surface area contributed by atoms with E-state index >= 15 is 0 Å². The van der Waals surface area contributed by atoms with Gasteiger partial charge in [0, 0.05) is 18.1 Å². The molecule has 0 aromatic heterocycles. The van der Waals surface area contributed by atoms with Crippen LogP contribution in [0.4, 0.5) is 0 Å². The highest BCUT2D eigenvalue weighted by Gasteiger charge is 2.50. The van der Waals surface area contributed by atoms with Crippen molar-refractivity contribution < 1.29 is 14.6 Å². The Bertz CT molecular complexity index is 265. The van der Waals surface area contributed by atoms with Crippen molar-refractivity contribution in [3.63, 3.8) is 0 Å². The van der Waals surface area contributed by atoms with Crippen LogP contribution in [-0.4, -0.2) is 48.3 Å². The van der Waals surface area contributed by atoms with E-state index in [4.69, 9.17) is 9.84 Å². The molecule has 2 atom stereocenters. The number of likely N-dealkylation sites (N-methyl/N-ethyl adjacent to an activating group) is 1. The molecule has 4 heteroatoms. The topological polar surface area (TPSA) is 49.8 Å². The number of carbonyl (C=O) groups is 1. The fraction of sp³-hybridized carbons (Fsp3) is 0.923. The number of ether oxygens (including phenoxy) is 1. The standard InChI is InChI=1S/C13H25NO3/c1-5-6-7-17-11-8-10(13(11,2)3)14(4)9-12(15)16/h10-11H,5-9H2,1-4H3,(H,15,16)/t10-,11-/m1/s1. The van der Waals surface area contributed by atoms with Crippen molar-refractivity contribution in [1.29, 1.82) is 0 Å². The van der Waals surface area contributed by atoms with Crippen molar-refractivity contribution in [2.45, 2.75) is 52.2 Å². The summed E-state index contributed by atoms with van der Waals surface area (Å²) in [7, 11) is 1.88. The van der Waals surface area contributed by atoms with E-state index in [0.29, 0.717) is 6.04 Å². The van der Waals surface area contributed by atoms with E-state index in [1.165, 1.54) is 0 Å². The van der Waals surface area contributed by atoms with Crippen LogP contribution in [0.3, 0.4) is 0 Å². The number of rotatable bonds is 7. The van der Waals surface area contributed by atoms with Gasteiger partial charge in [-0.25, -0.2) is 0 Å². The molecule has 0 heterocycles. The van der Waals surface area contributed by atoms with Crippen LogP contribution >= 0.6 is 0 Å². The largest absolute Gasteiger partial charge is 0.480 e. The van der Waals surface area contributed by atoms with Gasteiger partial charge in [0.1, 0.15) is 0 Å². The van der Waals surface area contributed by atoms with E-state index in [1.807, 2.05) is 11.9 Å². The average molecular weight is 243 g/mol. The minimum absolute atomic E-state index is 0.0535. The summed E-state index contributed by atoms with van der Waals surface area (Å²) >= 11 is 0. The third-order valence-electron chi connectivity index (χ3n) is 3.86. The minimum Gasteiger partial charge on any atom is -0.480 e. The van der Waals surface area contributed by atoms with Gasteiger partial charge in [-0.3, -0.25) is 9.69 Å². The summed E-state index contributed by atoms with van der Waals surface area (Å²) in [6.45, 7) is 7.40. The van der Waals surface area contributed by atoms with Gasteiger partial charge in [0.25, 0.3) is 0 Å². The SMILES string of the molecule is CCCCO[C@@H]1C[C@@H](N(C)CC(=O)O)C1(C)C. The molecule has 0 spiro atoms. The fourth-order valence-electron chi connectivity index (χ4n) is 2.59. The first-order valence-corrected chi connectivity index (χ1v) is 6.43. The molecule has 0 amide bonds. The summed E-state index contributed by atoms with van der Waals surface area (Å²) in [5.41, 5.74) is 0.0535. The first-order chi connectivity index (χ1) is 7.89. The first kappa shape index (κ1) is 14.5. The quantitative estimate of drug-likeness (QED) is 0.695. The van der Waals surface area contributed by atoms with Crippen molar-refractivity contribution in [1.82, 2.24) is 4.90 Å². The molecule has 1 saturated carbocycles. The molecule has 4 nitrogen and oxygen atoms in total. The highest BCUT2D eigenvalue weighted by Crippen LogP contribution is 2.45. The van der Waals surface area contributed by atoms with Gasteiger partial charge < -0.3 is 9.84 Å². The number of unbranched alkanes of at least 4 members (excludes halogenated alkanes) is 1. The number of carboxylic acid groups (broad SMARTS) is 1. The highest BCUT2D eigenvalue weighted by molar-refractivity contribution is 5.69. The lowest BCUT2D eigenvalue weighted by atomic mass is 9.64. The zero-order chi connectivity index (χ0) is 13.1. The molecule has 0 saturated heterocycles. The Hall–Kier alpha value is -0.610. The molecular formula is C13H25NO3. The number of aliphatic carboxylic acids is 1. The summed E-state index contributed by atoms with van der Waals surface area (Å²) < 4.78 is 5.84. The van der Waals surface area contributed by atoms with Crippen molar-refractivity contribution in [2.75, 3.05) is 20.2 Å². The van der Waals surface area contributed by atoms with E-state index in [9.17, 15) is 4.79 Å². The molecule has 17 heavy (non-hydrogen) atoms. The maximum absolute atomic E-state index is 10.7. The Morgan fingerprint density at radius 3 is 2.65 bits per heavy atom. The number of nitrogens with zero attached hydrogens (tertiary/aromatic N) is 1. The molecular weight excluding hydrogens is 218 g/mol. The summed E-state index contributed by atoms with van der Waals surface area (Å²) in [5.74, 6) is -0.765. The van der Waals surface area contributed by atoms with Gasteiger partial charge in [-0.05, 0) is 19.9 Å². The zero-order valence-corrected chi connectivity index (χ0v) is 11.4. The van der Waals surface area contributed by atoms with E-state index in [-0.39, 0.29) is 18.1 Å². The predicted molar refractivity (Wildman–Crippen MR) is 67.1 cm³/mol. The Morgan fingerprint density at radius 1 is 1.53 bits per heavy atom. The molecule has 100 valence electrons. The van der Waals surface area contributed by atoms with Crippen LogP contribution in [0.25, 0.3) is 0 Å². The van der Waals surface area contributed by atoms with E-state index in [1.54, 1.807) is 0 Å². The lowest BCUT2D eigenvalue weighted by molar-refractivity contribution is -0.158. The summed E-state index contributed by atoms with van der Waals surface area (Å²) in [6.07, 6.45) is 3.47. The lowest BCUT2D eigenvalue weighted by Gasteiger charge is -2.54. The highest BCUT2D eigenvalue weighted by atomic mass is 16.5. The van der Waals surface area contributed by atoms with Crippen molar-refractivity contribution in [2.24, 2.45) is 5.41 Å². The molecule has 0 bridgehead atoms. The molecule has 1 fully saturated rings. The maximum Gasteiger partial charge on any atom is 0.317 e. The van der Waals surface area contributed by atoms with Crippen LogP contribution < -0.4 is 0 Å². The first-order valence-electron chi connectivity index (χ1n) is 6.43. The van der Waals surface area contributed by atoms with Crippen LogP contribution in [0.2, 0.25) is 0 Å². The molecule has 1 aliphatic carbocycles. The van der Waals surface area contributed by atoms with E-state index in [0.717, 1.165) is 25.9 Å². The third kappa shape index (κ3) is 3.42. The Labute approximate surface area is 104 Å². The van der Waals surface area contributed by atoms with Gasteiger partial charge in [0.15, 0.2) is 0 Å². The zero-order valence-electron chi connectivity index (χ0n) is 11.4. The summed E-state index contributed by atoms with van der Waals surface area (Å²) in [6, 6.07) is 0.310. The maximum atomic E-state index is 10.7. The normalized spacial score (nSPS) is 26.9. The van der Waals surface area contributed by atoms with Crippen molar-refractivity contribution in [3.05, 3.63) is 0 Å². The smallest absolute Gasteiger partial charge is 0.317 e. The molecule has 1 aliphatic rings.